The second kappa shape index (κ2) is 7.00. The van der Waals surface area contributed by atoms with Gasteiger partial charge < -0.3 is 10.1 Å². The molecule has 1 aromatic carbocycles. The van der Waals surface area contributed by atoms with Crippen LogP contribution in [0, 0.1) is 12.7 Å². The van der Waals surface area contributed by atoms with Crippen molar-refractivity contribution >= 4 is 17.2 Å². The number of aryl methyl sites for hydroxylation is 1. The van der Waals surface area contributed by atoms with Gasteiger partial charge in [-0.05, 0) is 19.1 Å². The Morgan fingerprint density at radius 3 is 2.95 bits per heavy atom. The number of amides is 1. The van der Waals surface area contributed by atoms with Crippen molar-refractivity contribution in [3.8, 4) is 5.75 Å². The molecule has 0 bridgehead atoms. The molecule has 1 aromatic heterocycles. The van der Waals surface area contributed by atoms with Gasteiger partial charge in [-0.15, -0.1) is 11.3 Å². The summed E-state index contributed by atoms with van der Waals surface area (Å²) in [4.78, 5) is 16.8. The maximum absolute atomic E-state index is 13.3. The zero-order valence-electron chi connectivity index (χ0n) is 11.1. The lowest BCUT2D eigenvalue weighted by Gasteiger charge is -2.07. The van der Waals surface area contributed by atoms with E-state index in [0.29, 0.717) is 6.54 Å². The van der Waals surface area contributed by atoms with Crippen LogP contribution in [0.4, 0.5) is 4.39 Å². The van der Waals surface area contributed by atoms with Gasteiger partial charge in [-0.25, -0.2) is 9.37 Å². The molecule has 6 heteroatoms. The Balaban J connectivity index is 1.69. The second-order valence-corrected chi connectivity index (χ2v) is 5.48. The monoisotopic (exact) mass is 294 g/mol. The molecule has 106 valence electrons. The molecular formula is C14H15FN2O2S. The summed E-state index contributed by atoms with van der Waals surface area (Å²) in [6, 6.07) is 6.00. The molecule has 2 aromatic rings. The number of nitrogens with zero attached hydrogens (tertiary/aromatic N) is 1. The molecule has 0 radical (unpaired) electrons. The maximum Gasteiger partial charge on any atom is 0.257 e. The van der Waals surface area contributed by atoms with Crippen LogP contribution in [0.1, 0.15) is 9.88 Å². The van der Waals surface area contributed by atoms with Crippen LogP contribution in [-0.2, 0) is 11.2 Å². The molecule has 1 amide bonds. The lowest BCUT2D eigenvalue weighted by molar-refractivity contribution is -0.123. The van der Waals surface area contributed by atoms with Crippen molar-refractivity contribution in [3.63, 3.8) is 0 Å². The number of carbonyl (C=O) groups excluding carboxylic acids is 1. The fourth-order valence-electron chi connectivity index (χ4n) is 1.60. The minimum absolute atomic E-state index is 0.0840. The molecule has 1 heterocycles. The van der Waals surface area contributed by atoms with Crippen molar-refractivity contribution < 1.29 is 13.9 Å². The third-order valence-electron chi connectivity index (χ3n) is 2.56. The largest absolute Gasteiger partial charge is 0.481 e. The Morgan fingerprint density at radius 1 is 1.45 bits per heavy atom. The molecule has 0 spiro atoms. The number of ether oxygens (including phenoxy) is 1. The van der Waals surface area contributed by atoms with Crippen molar-refractivity contribution in [3.05, 3.63) is 46.2 Å². The van der Waals surface area contributed by atoms with Crippen molar-refractivity contribution in [2.24, 2.45) is 0 Å². The van der Waals surface area contributed by atoms with Crippen molar-refractivity contribution in [1.82, 2.24) is 10.3 Å². The summed E-state index contributed by atoms with van der Waals surface area (Å²) in [5, 5.41) is 3.73. The Kier molecular flexibility index (Phi) is 5.06. The number of aromatic nitrogens is 1. The highest BCUT2D eigenvalue weighted by atomic mass is 32.1. The van der Waals surface area contributed by atoms with Crippen LogP contribution in [0.2, 0.25) is 0 Å². The smallest absolute Gasteiger partial charge is 0.257 e. The molecule has 0 saturated heterocycles. The summed E-state index contributed by atoms with van der Waals surface area (Å²) in [5.41, 5.74) is 0. The van der Waals surface area contributed by atoms with E-state index in [0.717, 1.165) is 16.3 Å². The first kappa shape index (κ1) is 14.5. The van der Waals surface area contributed by atoms with Crippen molar-refractivity contribution in [2.75, 3.05) is 13.2 Å². The summed E-state index contributed by atoms with van der Waals surface area (Å²) in [7, 11) is 0. The van der Waals surface area contributed by atoms with Crippen LogP contribution < -0.4 is 10.1 Å². The predicted molar refractivity (Wildman–Crippen MR) is 75.5 cm³/mol. The molecule has 0 unspecified atom stereocenters. The average Bonchev–Trinajstić information content (AvgIpc) is 2.83. The standard InChI is InChI=1S/C14H15FN2O2S/c1-10-17-8-11(20-10)6-7-16-14(18)9-19-13-5-3-2-4-12(13)15/h2-5,8H,6-7,9H2,1H3,(H,16,18). The molecule has 20 heavy (non-hydrogen) atoms. The number of carbonyl (C=O) groups is 1. The van der Waals surface area contributed by atoms with E-state index in [4.69, 9.17) is 4.74 Å². The molecule has 0 aliphatic rings. The van der Waals surface area contributed by atoms with Gasteiger partial charge in [0.25, 0.3) is 5.91 Å². The molecule has 1 N–H and O–H groups in total. The number of nitrogens with one attached hydrogen (secondary N) is 1. The van der Waals surface area contributed by atoms with Crippen LogP contribution in [0.15, 0.2) is 30.5 Å². The molecule has 0 saturated carbocycles. The van der Waals surface area contributed by atoms with E-state index in [1.165, 1.54) is 12.1 Å². The van der Waals surface area contributed by atoms with Gasteiger partial charge in [-0.3, -0.25) is 4.79 Å². The third-order valence-corrected chi connectivity index (χ3v) is 3.53. The highest BCUT2D eigenvalue weighted by Crippen LogP contribution is 2.15. The zero-order valence-corrected chi connectivity index (χ0v) is 11.9. The fraction of sp³-hybridized carbons (Fsp3) is 0.286. The Hall–Kier alpha value is -1.95. The van der Waals surface area contributed by atoms with Gasteiger partial charge in [0.2, 0.25) is 0 Å². The maximum atomic E-state index is 13.3. The van der Waals surface area contributed by atoms with E-state index >= 15 is 0 Å². The van der Waals surface area contributed by atoms with Gasteiger partial charge in [0.1, 0.15) is 0 Å². The lowest BCUT2D eigenvalue weighted by atomic mass is 10.3. The van der Waals surface area contributed by atoms with Crippen LogP contribution in [-0.4, -0.2) is 24.0 Å². The first-order chi connectivity index (χ1) is 9.65. The molecule has 2 rings (SSSR count). The van der Waals surface area contributed by atoms with E-state index in [1.54, 1.807) is 23.5 Å². The van der Waals surface area contributed by atoms with Gasteiger partial charge in [-0.1, -0.05) is 12.1 Å². The normalized spacial score (nSPS) is 10.3. The first-order valence-corrected chi connectivity index (χ1v) is 7.02. The van der Waals surface area contributed by atoms with Gasteiger partial charge in [0.05, 0.1) is 5.01 Å². The quantitative estimate of drug-likeness (QED) is 0.889. The topological polar surface area (TPSA) is 51.2 Å². The number of hydrogen-bond donors (Lipinski definition) is 1. The first-order valence-electron chi connectivity index (χ1n) is 6.20. The SMILES string of the molecule is Cc1ncc(CCNC(=O)COc2ccccc2F)s1. The van der Waals surface area contributed by atoms with E-state index < -0.39 is 5.82 Å². The third kappa shape index (κ3) is 4.31. The Morgan fingerprint density at radius 2 is 2.25 bits per heavy atom. The van der Waals surface area contributed by atoms with Crippen molar-refractivity contribution in [1.29, 1.82) is 0 Å². The van der Waals surface area contributed by atoms with E-state index in [9.17, 15) is 9.18 Å². The van der Waals surface area contributed by atoms with Crippen molar-refractivity contribution in [2.45, 2.75) is 13.3 Å². The highest BCUT2D eigenvalue weighted by molar-refractivity contribution is 7.11. The Labute approximate surface area is 120 Å². The number of benzene rings is 1. The second-order valence-electron chi connectivity index (χ2n) is 4.16. The number of para-hydroxylation sites is 1. The number of rotatable bonds is 6. The van der Waals surface area contributed by atoms with E-state index in [-0.39, 0.29) is 18.3 Å². The summed E-state index contributed by atoms with van der Waals surface area (Å²) >= 11 is 1.61. The van der Waals surface area contributed by atoms with E-state index in [2.05, 4.69) is 10.3 Å². The number of hydrogen-bond acceptors (Lipinski definition) is 4. The van der Waals surface area contributed by atoms with Crippen LogP contribution in [0.5, 0.6) is 5.75 Å². The van der Waals surface area contributed by atoms with Gasteiger partial charge in [-0.2, -0.15) is 0 Å². The molecule has 0 aliphatic carbocycles. The minimum atomic E-state index is -0.472. The van der Waals surface area contributed by atoms with Gasteiger partial charge >= 0.3 is 0 Å². The summed E-state index contributed by atoms with van der Waals surface area (Å²) in [5.74, 6) is -0.657. The average molecular weight is 294 g/mol. The zero-order chi connectivity index (χ0) is 14.4. The van der Waals surface area contributed by atoms with Crippen LogP contribution in [0.25, 0.3) is 0 Å². The summed E-state index contributed by atoms with van der Waals surface area (Å²) in [6.45, 7) is 2.26. The summed E-state index contributed by atoms with van der Waals surface area (Å²) in [6.07, 6.45) is 2.54. The molecule has 4 nitrogen and oxygen atoms in total. The number of halogens is 1. The highest BCUT2D eigenvalue weighted by Gasteiger charge is 2.06. The molecule has 0 aliphatic heterocycles. The number of thiazole rings is 1. The van der Waals surface area contributed by atoms with Gasteiger partial charge in [0, 0.05) is 24.0 Å². The van der Waals surface area contributed by atoms with Crippen LogP contribution >= 0.6 is 11.3 Å². The van der Waals surface area contributed by atoms with Crippen LogP contribution in [0.3, 0.4) is 0 Å². The minimum Gasteiger partial charge on any atom is -0.481 e. The molecule has 0 fully saturated rings. The molecule has 0 atom stereocenters. The molecular weight excluding hydrogens is 279 g/mol. The van der Waals surface area contributed by atoms with Gasteiger partial charge in [0.15, 0.2) is 18.2 Å². The Bertz CT molecular complexity index is 586. The predicted octanol–water partition coefficient (Wildman–Crippen LogP) is 2.33. The van der Waals surface area contributed by atoms with E-state index in [1.807, 2.05) is 13.1 Å². The summed E-state index contributed by atoms with van der Waals surface area (Å²) < 4.78 is 18.4. The lowest BCUT2D eigenvalue weighted by Crippen LogP contribution is -2.30. The fourth-order valence-corrected chi connectivity index (χ4v) is 2.40.